The van der Waals surface area contributed by atoms with Gasteiger partial charge in [0, 0.05) is 26.7 Å². The highest BCUT2D eigenvalue weighted by Crippen LogP contribution is 2.35. The Morgan fingerprint density at radius 3 is 2.57 bits per heavy atom. The minimum absolute atomic E-state index is 0.162. The van der Waals surface area contributed by atoms with Crippen molar-refractivity contribution in [3.05, 3.63) is 0 Å². The number of likely N-dealkylation sites (tertiary alicyclic amines) is 1. The molecule has 0 aromatic carbocycles. The topological polar surface area (TPSA) is 90.3 Å². The van der Waals surface area contributed by atoms with E-state index in [4.69, 9.17) is 9.84 Å². The maximum atomic E-state index is 12.6. The number of aliphatic hydroxyl groups excluding tert-OH is 1. The molecule has 0 saturated carbocycles. The van der Waals surface area contributed by atoms with Crippen LogP contribution in [0.3, 0.4) is 0 Å². The summed E-state index contributed by atoms with van der Waals surface area (Å²) >= 11 is 0. The molecule has 122 valence electrons. The van der Waals surface area contributed by atoms with Crippen LogP contribution in [0.4, 0.5) is 4.79 Å². The molecule has 2 amide bonds. The molecule has 0 bridgehead atoms. The fraction of sp³-hybridized carbons (Fsp3) is 0.857. The highest BCUT2D eigenvalue weighted by molar-refractivity contribution is 5.83. The van der Waals surface area contributed by atoms with E-state index >= 15 is 0 Å². The Hall–Kier alpha value is -1.34. The van der Waals surface area contributed by atoms with Gasteiger partial charge in [-0.3, -0.25) is 0 Å². The molecule has 0 aromatic rings. The fourth-order valence-electron chi connectivity index (χ4n) is 2.87. The molecule has 2 N–H and O–H groups in total. The van der Waals surface area contributed by atoms with Gasteiger partial charge in [0.15, 0.2) is 0 Å². The van der Waals surface area contributed by atoms with Gasteiger partial charge in [-0.05, 0) is 18.3 Å². The average molecular weight is 302 g/mol. The predicted molar refractivity (Wildman–Crippen MR) is 77.1 cm³/mol. The first-order chi connectivity index (χ1) is 9.85. The van der Waals surface area contributed by atoms with E-state index in [2.05, 4.69) is 0 Å². The van der Waals surface area contributed by atoms with Gasteiger partial charge in [0.25, 0.3) is 0 Å². The number of amides is 2. The molecule has 7 heteroatoms. The van der Waals surface area contributed by atoms with Crippen LogP contribution in [-0.4, -0.2) is 78.0 Å². The van der Waals surface area contributed by atoms with E-state index in [1.165, 1.54) is 16.9 Å². The lowest BCUT2D eigenvalue weighted by Gasteiger charge is -2.45. The number of aliphatic carboxylic acids is 1. The molecule has 1 rings (SSSR count). The first-order valence-electron chi connectivity index (χ1n) is 7.23. The van der Waals surface area contributed by atoms with Gasteiger partial charge in [-0.2, -0.15) is 0 Å². The highest BCUT2D eigenvalue weighted by atomic mass is 16.5. The van der Waals surface area contributed by atoms with Crippen LogP contribution in [0.5, 0.6) is 0 Å². The number of carbonyl (C=O) groups is 2. The summed E-state index contributed by atoms with van der Waals surface area (Å²) in [6.45, 7) is 4.86. The minimum Gasteiger partial charge on any atom is -0.480 e. The molecule has 1 aliphatic rings. The first kappa shape index (κ1) is 17.7. The molecule has 0 spiro atoms. The Balaban J connectivity index is 2.92. The van der Waals surface area contributed by atoms with Gasteiger partial charge in [-0.25, -0.2) is 9.59 Å². The van der Waals surface area contributed by atoms with E-state index in [1.54, 1.807) is 0 Å². The van der Waals surface area contributed by atoms with Crippen LogP contribution in [0.15, 0.2) is 0 Å². The molecule has 1 heterocycles. The van der Waals surface area contributed by atoms with Gasteiger partial charge < -0.3 is 24.7 Å². The maximum Gasteiger partial charge on any atom is 0.327 e. The molecule has 0 aromatic heterocycles. The molecule has 0 aliphatic carbocycles. The van der Waals surface area contributed by atoms with E-state index in [0.717, 1.165) is 12.8 Å². The van der Waals surface area contributed by atoms with Gasteiger partial charge in [-0.1, -0.05) is 13.8 Å². The highest BCUT2D eigenvalue weighted by Gasteiger charge is 2.45. The third-order valence-electron chi connectivity index (χ3n) is 3.96. The van der Waals surface area contributed by atoms with E-state index in [1.807, 2.05) is 13.8 Å². The number of carboxylic acids is 1. The van der Waals surface area contributed by atoms with Crippen molar-refractivity contribution in [2.45, 2.75) is 32.7 Å². The number of hydrogen-bond acceptors (Lipinski definition) is 4. The zero-order valence-electron chi connectivity index (χ0n) is 13.0. The third kappa shape index (κ3) is 4.31. The van der Waals surface area contributed by atoms with E-state index < -0.39 is 17.4 Å². The molecule has 0 radical (unpaired) electrons. The van der Waals surface area contributed by atoms with Crippen molar-refractivity contribution in [1.82, 2.24) is 9.80 Å². The number of hydrogen-bond donors (Lipinski definition) is 2. The van der Waals surface area contributed by atoms with Crippen molar-refractivity contribution in [3.63, 3.8) is 0 Å². The zero-order valence-corrected chi connectivity index (χ0v) is 13.0. The third-order valence-corrected chi connectivity index (χ3v) is 3.96. The lowest BCUT2D eigenvalue weighted by Crippen LogP contribution is -2.59. The molecule has 1 fully saturated rings. The molecular weight excluding hydrogens is 276 g/mol. The number of rotatable bonds is 6. The average Bonchev–Trinajstić information content (AvgIpc) is 2.40. The first-order valence-corrected chi connectivity index (χ1v) is 7.23. The number of urea groups is 1. The fourth-order valence-corrected chi connectivity index (χ4v) is 2.87. The van der Waals surface area contributed by atoms with Crippen molar-refractivity contribution < 1.29 is 24.5 Å². The second-order valence-electron chi connectivity index (χ2n) is 6.01. The van der Waals surface area contributed by atoms with Crippen LogP contribution in [0.2, 0.25) is 0 Å². The Morgan fingerprint density at radius 2 is 2.05 bits per heavy atom. The van der Waals surface area contributed by atoms with Gasteiger partial charge in [0.1, 0.15) is 6.04 Å². The molecule has 1 aliphatic heterocycles. The van der Waals surface area contributed by atoms with Crippen molar-refractivity contribution in [3.8, 4) is 0 Å². The molecule has 7 nitrogen and oxygen atoms in total. The molecule has 1 saturated heterocycles. The van der Waals surface area contributed by atoms with Gasteiger partial charge in [0.05, 0.1) is 13.2 Å². The summed E-state index contributed by atoms with van der Waals surface area (Å²) in [6, 6.07) is -1.19. The zero-order chi connectivity index (χ0) is 16.0. The number of ether oxygens (including phenoxy) is 1. The summed E-state index contributed by atoms with van der Waals surface area (Å²) in [6.07, 6.45) is 1.55. The Kier molecular flexibility index (Phi) is 6.42. The second kappa shape index (κ2) is 7.61. The van der Waals surface area contributed by atoms with Crippen LogP contribution in [0.1, 0.15) is 26.7 Å². The van der Waals surface area contributed by atoms with Crippen LogP contribution >= 0.6 is 0 Å². The summed E-state index contributed by atoms with van der Waals surface area (Å²) in [5, 5.41) is 18.6. The Labute approximate surface area is 125 Å². The summed E-state index contributed by atoms with van der Waals surface area (Å²) in [5.41, 5.74) is -0.466. The molecular formula is C14H26N2O5. The van der Waals surface area contributed by atoms with Crippen LogP contribution in [0.25, 0.3) is 0 Å². The maximum absolute atomic E-state index is 12.6. The second-order valence-corrected chi connectivity index (χ2v) is 6.01. The van der Waals surface area contributed by atoms with Gasteiger partial charge in [0.2, 0.25) is 0 Å². The van der Waals surface area contributed by atoms with Crippen molar-refractivity contribution in [2.75, 3.05) is 40.0 Å². The lowest BCUT2D eigenvalue weighted by atomic mass is 9.76. The largest absolute Gasteiger partial charge is 0.480 e. The standard InChI is InChI=1S/C14H26N2O5/c1-14(2)5-4-6-16(11(14)12(18)19)13(20)15(7-9-17)8-10-21-3/h11,17H,4-10H2,1-3H3,(H,18,19). The van der Waals surface area contributed by atoms with Crippen molar-refractivity contribution >= 4 is 12.0 Å². The Bertz CT molecular complexity index is 372. The van der Waals surface area contributed by atoms with E-state index in [9.17, 15) is 14.7 Å². The van der Waals surface area contributed by atoms with Crippen LogP contribution in [0, 0.1) is 5.41 Å². The SMILES string of the molecule is COCCN(CCO)C(=O)N1CCCC(C)(C)C1C(=O)O. The van der Waals surface area contributed by atoms with Crippen LogP contribution < -0.4 is 0 Å². The lowest BCUT2D eigenvalue weighted by molar-refractivity contribution is -0.148. The smallest absolute Gasteiger partial charge is 0.327 e. The molecule has 1 atom stereocenters. The summed E-state index contributed by atoms with van der Waals surface area (Å²) in [7, 11) is 1.53. The number of piperidine rings is 1. The molecule has 21 heavy (non-hydrogen) atoms. The number of carbonyl (C=O) groups excluding carboxylic acids is 1. The summed E-state index contributed by atoms with van der Waals surface area (Å²) < 4.78 is 4.96. The van der Waals surface area contributed by atoms with E-state index in [0.29, 0.717) is 19.7 Å². The summed E-state index contributed by atoms with van der Waals surface area (Å²) in [4.78, 5) is 27.1. The van der Waals surface area contributed by atoms with Crippen LogP contribution in [-0.2, 0) is 9.53 Å². The normalized spacial score (nSPS) is 21.1. The number of nitrogens with zero attached hydrogens (tertiary/aromatic N) is 2. The van der Waals surface area contributed by atoms with Gasteiger partial charge in [-0.15, -0.1) is 0 Å². The predicted octanol–water partition coefficient (Wildman–Crippen LogP) is 0.622. The van der Waals surface area contributed by atoms with Crippen molar-refractivity contribution in [2.24, 2.45) is 5.41 Å². The molecule has 1 unspecified atom stereocenters. The number of carboxylic acid groups (broad SMARTS) is 1. The minimum atomic E-state index is -0.983. The van der Waals surface area contributed by atoms with Gasteiger partial charge >= 0.3 is 12.0 Å². The van der Waals surface area contributed by atoms with E-state index in [-0.39, 0.29) is 19.2 Å². The summed E-state index contributed by atoms with van der Waals surface area (Å²) in [5.74, 6) is -0.983. The van der Waals surface area contributed by atoms with Crippen molar-refractivity contribution in [1.29, 1.82) is 0 Å². The monoisotopic (exact) mass is 302 g/mol. The Morgan fingerprint density at radius 1 is 1.38 bits per heavy atom. The quantitative estimate of drug-likeness (QED) is 0.751. The number of methoxy groups -OCH3 is 1. The number of aliphatic hydroxyl groups is 1.